The fourth-order valence-corrected chi connectivity index (χ4v) is 2.35. The number of carbonyl (C=O) groups is 2. The molecule has 0 aliphatic carbocycles. The van der Waals surface area contributed by atoms with Crippen molar-refractivity contribution in [3.8, 4) is 0 Å². The highest BCUT2D eigenvalue weighted by Crippen LogP contribution is 2.11. The lowest BCUT2D eigenvalue weighted by molar-refractivity contribution is -0.147. The van der Waals surface area contributed by atoms with Crippen LogP contribution in [0.5, 0.6) is 0 Å². The molecular formula is C19H37NO4. The van der Waals surface area contributed by atoms with Gasteiger partial charge in [-0.2, -0.15) is 0 Å². The third-order valence-corrected chi connectivity index (χ3v) is 4.17. The quantitative estimate of drug-likeness (QED) is 0.362. The normalized spacial score (nSPS) is 13.2. The highest BCUT2D eigenvalue weighted by Gasteiger charge is 2.27. The molecule has 24 heavy (non-hydrogen) atoms. The van der Waals surface area contributed by atoms with Crippen molar-refractivity contribution in [2.75, 3.05) is 13.2 Å². The van der Waals surface area contributed by atoms with Crippen LogP contribution in [0.3, 0.4) is 0 Å². The van der Waals surface area contributed by atoms with Gasteiger partial charge in [0.2, 0.25) is 0 Å². The van der Waals surface area contributed by atoms with Crippen LogP contribution < -0.4 is 5.32 Å². The summed E-state index contributed by atoms with van der Waals surface area (Å²) in [4.78, 5) is 23.9. The van der Waals surface area contributed by atoms with Gasteiger partial charge in [0.1, 0.15) is 6.04 Å². The molecule has 0 bridgehead atoms. The van der Waals surface area contributed by atoms with E-state index in [1.54, 1.807) is 0 Å². The van der Waals surface area contributed by atoms with Crippen LogP contribution >= 0.6 is 0 Å². The molecule has 0 spiro atoms. The zero-order valence-corrected chi connectivity index (χ0v) is 16.1. The number of hydrogen-bond acceptors (Lipinski definition) is 4. The second kappa shape index (κ2) is 15.3. The third kappa shape index (κ3) is 11.3. The molecule has 0 radical (unpaired) electrons. The number of alkyl carbamates (subject to hydrolysis) is 1. The second-order valence-corrected chi connectivity index (χ2v) is 6.43. The van der Waals surface area contributed by atoms with E-state index in [1.807, 2.05) is 20.8 Å². The van der Waals surface area contributed by atoms with E-state index in [0.29, 0.717) is 13.2 Å². The number of unbranched alkanes of at least 4 members (excludes halogenated alkanes) is 6. The number of nitrogens with one attached hydrogen (secondary N) is 1. The van der Waals surface area contributed by atoms with Crippen molar-refractivity contribution in [3.05, 3.63) is 0 Å². The maximum atomic E-state index is 12.2. The van der Waals surface area contributed by atoms with E-state index in [0.717, 1.165) is 25.7 Å². The molecule has 0 rings (SSSR count). The summed E-state index contributed by atoms with van der Waals surface area (Å²) < 4.78 is 10.3. The van der Waals surface area contributed by atoms with Gasteiger partial charge in [0, 0.05) is 0 Å². The summed E-state index contributed by atoms with van der Waals surface area (Å²) in [6, 6.07) is -0.635. The van der Waals surface area contributed by atoms with Gasteiger partial charge in [0.05, 0.1) is 13.2 Å². The first-order valence-corrected chi connectivity index (χ1v) is 9.66. The molecule has 0 aromatic heterocycles. The number of hydrogen-bond donors (Lipinski definition) is 1. The number of carbonyl (C=O) groups excluding carboxylic acids is 2. The monoisotopic (exact) mass is 343 g/mol. The van der Waals surface area contributed by atoms with Gasteiger partial charge in [-0.15, -0.1) is 0 Å². The van der Waals surface area contributed by atoms with Crippen LogP contribution in [-0.2, 0) is 14.3 Å². The van der Waals surface area contributed by atoms with Crippen molar-refractivity contribution < 1.29 is 19.1 Å². The molecule has 2 unspecified atom stereocenters. The Balaban J connectivity index is 4.06. The molecule has 5 heteroatoms. The molecule has 1 amide bonds. The van der Waals surface area contributed by atoms with Crippen molar-refractivity contribution in [3.63, 3.8) is 0 Å². The first-order chi connectivity index (χ1) is 11.6. The zero-order valence-electron chi connectivity index (χ0n) is 16.1. The van der Waals surface area contributed by atoms with E-state index < -0.39 is 12.1 Å². The maximum Gasteiger partial charge on any atom is 0.407 e. The Morgan fingerprint density at radius 2 is 1.46 bits per heavy atom. The molecule has 0 aromatic carbocycles. The van der Waals surface area contributed by atoms with Gasteiger partial charge < -0.3 is 14.8 Å². The number of amides is 1. The van der Waals surface area contributed by atoms with E-state index in [-0.39, 0.29) is 11.9 Å². The summed E-state index contributed by atoms with van der Waals surface area (Å²) in [7, 11) is 0. The van der Waals surface area contributed by atoms with E-state index in [9.17, 15) is 9.59 Å². The molecule has 0 aliphatic heterocycles. The Morgan fingerprint density at radius 1 is 0.833 bits per heavy atom. The SMILES string of the molecule is CCCCCCCCCOC(=O)C(NC(=O)OCCC)C(C)CC. The predicted molar refractivity (Wildman–Crippen MR) is 97.0 cm³/mol. The Bertz CT molecular complexity index is 333. The Hall–Kier alpha value is -1.26. The molecule has 0 heterocycles. The summed E-state index contributed by atoms with van der Waals surface area (Å²) in [5.74, 6) is -0.343. The maximum absolute atomic E-state index is 12.2. The molecular weight excluding hydrogens is 306 g/mol. The van der Waals surface area contributed by atoms with Crippen LogP contribution in [0.25, 0.3) is 0 Å². The summed E-state index contributed by atoms with van der Waals surface area (Å²) in [5, 5.41) is 2.64. The van der Waals surface area contributed by atoms with Crippen molar-refractivity contribution in [1.29, 1.82) is 0 Å². The van der Waals surface area contributed by atoms with Crippen molar-refractivity contribution in [2.45, 2.75) is 91.5 Å². The zero-order chi connectivity index (χ0) is 18.2. The molecule has 0 fully saturated rings. The summed E-state index contributed by atoms with van der Waals surface area (Å²) >= 11 is 0. The largest absolute Gasteiger partial charge is 0.464 e. The van der Waals surface area contributed by atoms with E-state index >= 15 is 0 Å². The third-order valence-electron chi connectivity index (χ3n) is 4.17. The molecule has 0 aromatic rings. The van der Waals surface area contributed by atoms with E-state index in [2.05, 4.69) is 12.2 Å². The van der Waals surface area contributed by atoms with Gasteiger partial charge in [-0.3, -0.25) is 0 Å². The predicted octanol–water partition coefficient (Wildman–Crippen LogP) is 4.83. The van der Waals surface area contributed by atoms with Crippen LogP contribution in [0.1, 0.15) is 85.5 Å². The first kappa shape index (κ1) is 22.7. The van der Waals surface area contributed by atoms with Crippen LogP contribution in [0.15, 0.2) is 0 Å². The standard InChI is InChI=1S/C19H37NO4/c1-5-8-9-10-11-12-13-15-23-18(21)17(16(4)7-3)20-19(22)24-14-6-2/h16-17H,5-15H2,1-4H3,(H,20,22). The van der Waals surface area contributed by atoms with Gasteiger partial charge in [-0.1, -0.05) is 72.6 Å². The van der Waals surface area contributed by atoms with Crippen LogP contribution in [-0.4, -0.2) is 31.3 Å². The lowest BCUT2D eigenvalue weighted by atomic mass is 9.99. The Labute approximate surface area is 147 Å². The minimum absolute atomic E-state index is 0.0146. The molecule has 1 N–H and O–H groups in total. The minimum Gasteiger partial charge on any atom is -0.464 e. The molecule has 142 valence electrons. The molecule has 0 saturated carbocycles. The van der Waals surface area contributed by atoms with Crippen LogP contribution in [0.4, 0.5) is 4.79 Å². The summed E-state index contributed by atoms with van der Waals surface area (Å²) in [5.41, 5.74) is 0. The van der Waals surface area contributed by atoms with Crippen LogP contribution in [0, 0.1) is 5.92 Å². The highest BCUT2D eigenvalue weighted by molar-refractivity contribution is 5.81. The van der Waals surface area contributed by atoms with Gasteiger partial charge in [-0.05, 0) is 18.8 Å². The molecule has 0 saturated heterocycles. The van der Waals surface area contributed by atoms with Gasteiger partial charge in [0.25, 0.3) is 0 Å². The first-order valence-electron chi connectivity index (χ1n) is 9.66. The smallest absolute Gasteiger partial charge is 0.407 e. The average Bonchev–Trinajstić information content (AvgIpc) is 2.59. The fraction of sp³-hybridized carbons (Fsp3) is 0.895. The highest BCUT2D eigenvalue weighted by atomic mass is 16.6. The second-order valence-electron chi connectivity index (χ2n) is 6.43. The van der Waals surface area contributed by atoms with Gasteiger partial charge >= 0.3 is 12.1 Å². The van der Waals surface area contributed by atoms with Crippen molar-refractivity contribution >= 4 is 12.1 Å². The molecule has 2 atom stereocenters. The molecule has 5 nitrogen and oxygen atoms in total. The number of rotatable bonds is 14. The van der Waals surface area contributed by atoms with Crippen molar-refractivity contribution in [2.24, 2.45) is 5.92 Å². The van der Waals surface area contributed by atoms with E-state index in [4.69, 9.17) is 9.47 Å². The number of esters is 1. The van der Waals surface area contributed by atoms with Gasteiger partial charge in [-0.25, -0.2) is 9.59 Å². The number of ether oxygens (including phenoxy) is 2. The summed E-state index contributed by atoms with van der Waals surface area (Å²) in [6.45, 7) is 8.83. The topological polar surface area (TPSA) is 64.6 Å². The van der Waals surface area contributed by atoms with Crippen LogP contribution in [0.2, 0.25) is 0 Å². The lowest BCUT2D eigenvalue weighted by Crippen LogP contribution is -2.46. The minimum atomic E-state index is -0.635. The summed E-state index contributed by atoms with van der Waals surface area (Å²) in [6.07, 6.45) is 9.23. The Morgan fingerprint density at radius 3 is 2.04 bits per heavy atom. The van der Waals surface area contributed by atoms with Crippen molar-refractivity contribution in [1.82, 2.24) is 5.32 Å². The average molecular weight is 344 g/mol. The van der Waals surface area contributed by atoms with E-state index in [1.165, 1.54) is 32.1 Å². The Kier molecular flexibility index (Phi) is 14.5. The van der Waals surface area contributed by atoms with Gasteiger partial charge in [0.15, 0.2) is 0 Å². The molecule has 0 aliphatic rings. The fourth-order valence-electron chi connectivity index (χ4n) is 2.35. The lowest BCUT2D eigenvalue weighted by Gasteiger charge is -2.22.